The zero-order valence-corrected chi connectivity index (χ0v) is 17.2. The lowest BCUT2D eigenvalue weighted by Gasteiger charge is -2.33. The molecule has 2 aromatic carbocycles. The summed E-state index contributed by atoms with van der Waals surface area (Å²) in [7, 11) is 0. The van der Waals surface area contributed by atoms with Crippen LogP contribution < -0.4 is 10.6 Å². The average Bonchev–Trinajstić information content (AvgIpc) is 3.11. The summed E-state index contributed by atoms with van der Waals surface area (Å²) >= 11 is 0. The van der Waals surface area contributed by atoms with Gasteiger partial charge in [0, 0.05) is 17.9 Å². The number of nitrogens with zero attached hydrogens (tertiary/aromatic N) is 2. The van der Waals surface area contributed by atoms with Crippen molar-refractivity contribution in [3.8, 4) is 0 Å². The Morgan fingerprint density at radius 1 is 1.00 bits per heavy atom. The van der Waals surface area contributed by atoms with E-state index >= 15 is 0 Å². The molecule has 0 aromatic heterocycles. The number of nitrogens with two attached hydrogens (primary N) is 1. The van der Waals surface area contributed by atoms with E-state index in [-0.39, 0.29) is 12.2 Å². The molecule has 0 saturated carbocycles. The lowest BCUT2D eigenvalue weighted by Crippen LogP contribution is -2.40. The third-order valence-corrected chi connectivity index (χ3v) is 6.20. The summed E-state index contributed by atoms with van der Waals surface area (Å²) in [6, 6.07) is 16.5. The number of benzene rings is 2. The molecule has 0 aliphatic carbocycles. The SMILES string of the molecule is CCc1ccc(N2C[C@H](CN3CCC(Cc4ccc(N)cc4)CC3)OC2=O)cc1. The van der Waals surface area contributed by atoms with Gasteiger partial charge in [0.2, 0.25) is 0 Å². The molecule has 2 fully saturated rings. The fourth-order valence-electron chi connectivity index (χ4n) is 4.39. The smallest absolute Gasteiger partial charge is 0.414 e. The van der Waals surface area contributed by atoms with Crippen LogP contribution in [-0.2, 0) is 17.6 Å². The van der Waals surface area contributed by atoms with E-state index in [0.29, 0.717) is 6.54 Å². The molecule has 2 aliphatic rings. The van der Waals surface area contributed by atoms with Gasteiger partial charge in [0.05, 0.1) is 6.54 Å². The molecule has 2 aliphatic heterocycles. The maximum atomic E-state index is 12.3. The van der Waals surface area contributed by atoms with E-state index in [2.05, 4.69) is 36.1 Å². The Morgan fingerprint density at radius 2 is 1.66 bits per heavy atom. The number of cyclic esters (lactones) is 1. The van der Waals surface area contributed by atoms with Gasteiger partial charge in [-0.25, -0.2) is 4.79 Å². The third kappa shape index (κ3) is 4.91. The summed E-state index contributed by atoms with van der Waals surface area (Å²) < 4.78 is 5.65. The molecule has 2 saturated heterocycles. The van der Waals surface area contributed by atoms with Gasteiger partial charge >= 0.3 is 6.09 Å². The van der Waals surface area contributed by atoms with Gasteiger partial charge in [-0.15, -0.1) is 0 Å². The summed E-state index contributed by atoms with van der Waals surface area (Å²) in [4.78, 5) is 16.5. The molecule has 5 heteroatoms. The number of nitrogen functional groups attached to an aromatic ring is 1. The number of ether oxygens (including phenoxy) is 1. The monoisotopic (exact) mass is 393 g/mol. The minimum Gasteiger partial charge on any atom is -0.443 e. The molecule has 2 aromatic rings. The summed E-state index contributed by atoms with van der Waals surface area (Å²) in [6.45, 7) is 5.73. The molecule has 0 spiro atoms. The third-order valence-electron chi connectivity index (χ3n) is 6.20. The molecule has 2 N–H and O–H groups in total. The molecular weight excluding hydrogens is 362 g/mol. The zero-order chi connectivity index (χ0) is 20.2. The van der Waals surface area contributed by atoms with E-state index in [9.17, 15) is 4.79 Å². The van der Waals surface area contributed by atoms with E-state index in [1.165, 1.54) is 24.0 Å². The fraction of sp³-hybridized carbons (Fsp3) is 0.458. The van der Waals surface area contributed by atoms with Crippen LogP contribution in [0, 0.1) is 5.92 Å². The van der Waals surface area contributed by atoms with Gasteiger partial charge in [-0.3, -0.25) is 9.80 Å². The summed E-state index contributed by atoms with van der Waals surface area (Å²) in [6.07, 6.45) is 4.22. The van der Waals surface area contributed by atoms with Gasteiger partial charge in [-0.2, -0.15) is 0 Å². The highest BCUT2D eigenvalue weighted by Crippen LogP contribution is 2.25. The summed E-state index contributed by atoms with van der Waals surface area (Å²) in [5.41, 5.74) is 10.2. The van der Waals surface area contributed by atoms with Crippen molar-refractivity contribution in [1.82, 2.24) is 4.90 Å². The second-order valence-electron chi connectivity index (χ2n) is 8.33. The summed E-state index contributed by atoms with van der Waals surface area (Å²) in [5.74, 6) is 0.717. The zero-order valence-electron chi connectivity index (χ0n) is 17.2. The molecule has 29 heavy (non-hydrogen) atoms. The van der Waals surface area contributed by atoms with E-state index in [1.54, 1.807) is 4.90 Å². The predicted octanol–water partition coefficient (Wildman–Crippen LogP) is 4.11. The van der Waals surface area contributed by atoms with Crippen LogP contribution in [0.25, 0.3) is 0 Å². The Labute approximate surface area is 173 Å². The van der Waals surface area contributed by atoms with E-state index in [4.69, 9.17) is 10.5 Å². The Balaban J connectivity index is 1.25. The first-order chi connectivity index (χ1) is 14.1. The standard InChI is InChI=1S/C24H31N3O2/c1-2-18-5-9-22(10-6-18)27-17-23(29-24(27)28)16-26-13-11-20(12-14-26)15-19-3-7-21(25)8-4-19/h3-10,20,23H,2,11-17,25H2,1H3/t23-/m0/s1. The first-order valence-corrected chi connectivity index (χ1v) is 10.7. The number of carbonyl (C=O) groups is 1. The second kappa shape index (κ2) is 8.87. The average molecular weight is 394 g/mol. The van der Waals surface area contributed by atoms with Crippen LogP contribution in [0.5, 0.6) is 0 Å². The number of anilines is 2. The van der Waals surface area contributed by atoms with Gasteiger partial charge in [0.25, 0.3) is 0 Å². The maximum absolute atomic E-state index is 12.3. The van der Waals surface area contributed by atoms with E-state index in [1.807, 2.05) is 24.3 Å². The highest BCUT2D eigenvalue weighted by atomic mass is 16.6. The van der Waals surface area contributed by atoms with Crippen LogP contribution in [0.3, 0.4) is 0 Å². The molecule has 0 radical (unpaired) electrons. The van der Waals surface area contributed by atoms with Crippen LogP contribution in [0.4, 0.5) is 16.2 Å². The van der Waals surface area contributed by atoms with Crippen molar-refractivity contribution < 1.29 is 9.53 Å². The normalized spacial score (nSPS) is 20.8. The Hall–Kier alpha value is -2.53. The fourth-order valence-corrected chi connectivity index (χ4v) is 4.39. The van der Waals surface area contributed by atoms with E-state index < -0.39 is 0 Å². The van der Waals surface area contributed by atoms with Gasteiger partial charge < -0.3 is 10.5 Å². The minimum atomic E-state index is -0.225. The van der Waals surface area contributed by atoms with Crippen LogP contribution in [-0.4, -0.2) is 43.3 Å². The van der Waals surface area contributed by atoms with Gasteiger partial charge in [-0.05, 0) is 80.1 Å². The van der Waals surface area contributed by atoms with Crippen molar-refractivity contribution in [2.45, 2.75) is 38.7 Å². The molecule has 0 unspecified atom stereocenters. The van der Waals surface area contributed by atoms with Crippen molar-refractivity contribution in [3.05, 3.63) is 59.7 Å². The molecular formula is C24H31N3O2. The Bertz CT molecular complexity index is 811. The predicted molar refractivity (Wildman–Crippen MR) is 117 cm³/mol. The largest absolute Gasteiger partial charge is 0.443 e. The first kappa shape index (κ1) is 19.8. The maximum Gasteiger partial charge on any atom is 0.414 e. The highest BCUT2D eigenvalue weighted by Gasteiger charge is 2.34. The van der Waals surface area contributed by atoms with Crippen LogP contribution in [0.15, 0.2) is 48.5 Å². The number of aryl methyl sites for hydroxylation is 1. The number of piperidine rings is 1. The lowest BCUT2D eigenvalue weighted by atomic mass is 9.90. The number of rotatable bonds is 6. The van der Waals surface area contributed by atoms with Crippen molar-refractivity contribution in [2.24, 2.45) is 5.92 Å². The van der Waals surface area contributed by atoms with Crippen molar-refractivity contribution in [3.63, 3.8) is 0 Å². The minimum absolute atomic E-state index is 0.0537. The number of amides is 1. The molecule has 2 heterocycles. The van der Waals surface area contributed by atoms with Crippen molar-refractivity contribution >= 4 is 17.5 Å². The molecule has 1 atom stereocenters. The topological polar surface area (TPSA) is 58.8 Å². The van der Waals surface area contributed by atoms with Crippen LogP contribution in [0.2, 0.25) is 0 Å². The van der Waals surface area contributed by atoms with Crippen LogP contribution >= 0.6 is 0 Å². The van der Waals surface area contributed by atoms with Gasteiger partial charge in [-0.1, -0.05) is 31.2 Å². The summed E-state index contributed by atoms with van der Waals surface area (Å²) in [5, 5.41) is 0. The molecule has 1 amide bonds. The number of hydrogen-bond donors (Lipinski definition) is 1. The van der Waals surface area contributed by atoms with E-state index in [0.717, 1.165) is 49.8 Å². The number of likely N-dealkylation sites (tertiary alicyclic amines) is 1. The van der Waals surface area contributed by atoms with Gasteiger partial charge in [0.15, 0.2) is 0 Å². The number of hydrogen-bond acceptors (Lipinski definition) is 4. The van der Waals surface area contributed by atoms with Crippen molar-refractivity contribution in [2.75, 3.05) is 36.8 Å². The van der Waals surface area contributed by atoms with Crippen molar-refractivity contribution in [1.29, 1.82) is 0 Å². The second-order valence-corrected chi connectivity index (χ2v) is 8.33. The van der Waals surface area contributed by atoms with Gasteiger partial charge in [0.1, 0.15) is 6.10 Å². The number of carbonyl (C=O) groups excluding carboxylic acids is 1. The Kier molecular flexibility index (Phi) is 6.05. The highest BCUT2D eigenvalue weighted by molar-refractivity contribution is 5.89. The molecule has 5 nitrogen and oxygen atoms in total. The first-order valence-electron chi connectivity index (χ1n) is 10.7. The van der Waals surface area contributed by atoms with Crippen LogP contribution in [0.1, 0.15) is 30.9 Å². The molecule has 4 rings (SSSR count). The molecule has 154 valence electrons. The quantitative estimate of drug-likeness (QED) is 0.751. The lowest BCUT2D eigenvalue weighted by molar-refractivity contribution is 0.0914. The Morgan fingerprint density at radius 3 is 2.31 bits per heavy atom. The molecule has 0 bridgehead atoms.